The van der Waals surface area contributed by atoms with Crippen molar-refractivity contribution in [1.29, 1.82) is 0 Å². The molecular formula is C17H31NS. The molecule has 1 nitrogen and oxygen atoms in total. The molecule has 0 aromatic carbocycles. The first kappa shape index (κ1) is 14.3. The minimum absolute atomic E-state index is 0.557. The van der Waals surface area contributed by atoms with E-state index >= 15 is 0 Å². The molecule has 1 heterocycles. The normalized spacial score (nSPS) is 30.8. The number of hydrogen-bond donors (Lipinski definition) is 1. The predicted octanol–water partition coefficient (Wildman–Crippen LogP) is 4.52. The Labute approximate surface area is 124 Å². The summed E-state index contributed by atoms with van der Waals surface area (Å²) in [6.07, 6.45) is 16.2. The third-order valence-corrected chi connectivity index (χ3v) is 7.06. The van der Waals surface area contributed by atoms with Gasteiger partial charge >= 0.3 is 0 Å². The average Bonchev–Trinajstić information content (AvgIpc) is 2.91. The highest BCUT2D eigenvalue weighted by Crippen LogP contribution is 2.47. The molecule has 2 heteroatoms. The lowest BCUT2D eigenvalue weighted by Gasteiger charge is -2.45. The van der Waals surface area contributed by atoms with Crippen LogP contribution in [0.3, 0.4) is 0 Å². The van der Waals surface area contributed by atoms with Gasteiger partial charge in [-0.3, -0.25) is 0 Å². The van der Waals surface area contributed by atoms with Crippen molar-refractivity contribution in [2.24, 2.45) is 10.8 Å². The van der Waals surface area contributed by atoms with Crippen LogP contribution >= 0.6 is 12.6 Å². The molecule has 0 aromatic rings. The molecule has 1 spiro atoms. The largest absolute Gasteiger partial charge is 0.303 e. The van der Waals surface area contributed by atoms with E-state index in [1.807, 2.05) is 0 Å². The van der Waals surface area contributed by atoms with Crippen LogP contribution < -0.4 is 0 Å². The first-order valence-corrected chi connectivity index (χ1v) is 9.23. The molecule has 0 amide bonds. The predicted molar refractivity (Wildman–Crippen MR) is 85.9 cm³/mol. The molecule has 19 heavy (non-hydrogen) atoms. The molecule has 3 aliphatic rings. The van der Waals surface area contributed by atoms with Crippen LogP contribution in [-0.4, -0.2) is 30.3 Å². The Kier molecular flexibility index (Phi) is 4.48. The minimum Gasteiger partial charge on any atom is -0.303 e. The maximum absolute atomic E-state index is 4.70. The van der Waals surface area contributed by atoms with Crippen LogP contribution in [0.4, 0.5) is 0 Å². The van der Waals surface area contributed by atoms with Crippen molar-refractivity contribution >= 4 is 12.6 Å². The number of thiol groups is 1. The molecule has 3 fully saturated rings. The Morgan fingerprint density at radius 3 is 1.89 bits per heavy atom. The second-order valence-electron chi connectivity index (χ2n) is 7.70. The van der Waals surface area contributed by atoms with Gasteiger partial charge in [-0.2, -0.15) is 12.6 Å². The molecule has 1 aliphatic heterocycles. The zero-order chi connectivity index (χ0) is 13.2. The van der Waals surface area contributed by atoms with E-state index in [9.17, 15) is 0 Å². The topological polar surface area (TPSA) is 3.24 Å². The van der Waals surface area contributed by atoms with Crippen LogP contribution in [0.2, 0.25) is 0 Å². The minimum atomic E-state index is 0.557. The molecule has 0 atom stereocenters. The van der Waals surface area contributed by atoms with Crippen molar-refractivity contribution in [3.05, 3.63) is 0 Å². The van der Waals surface area contributed by atoms with E-state index in [1.54, 1.807) is 0 Å². The highest BCUT2D eigenvalue weighted by Gasteiger charge is 2.39. The SMILES string of the molecule is SCC1(CN2CCC3(CCCC3)CC2)CCCCC1. The van der Waals surface area contributed by atoms with Crippen molar-refractivity contribution < 1.29 is 0 Å². The summed E-state index contributed by atoms with van der Waals surface area (Å²) in [6, 6.07) is 0. The Balaban J connectivity index is 1.53. The molecule has 1 saturated heterocycles. The van der Waals surface area contributed by atoms with Gasteiger partial charge in [0.2, 0.25) is 0 Å². The highest BCUT2D eigenvalue weighted by molar-refractivity contribution is 7.80. The molecular weight excluding hydrogens is 250 g/mol. The van der Waals surface area contributed by atoms with Gasteiger partial charge in [0.05, 0.1) is 0 Å². The molecule has 0 aromatic heterocycles. The summed E-state index contributed by atoms with van der Waals surface area (Å²) in [5, 5.41) is 0. The third-order valence-electron chi connectivity index (χ3n) is 6.39. The number of likely N-dealkylation sites (tertiary alicyclic amines) is 1. The van der Waals surface area contributed by atoms with Gasteiger partial charge in [0.25, 0.3) is 0 Å². The average molecular weight is 282 g/mol. The molecule has 110 valence electrons. The molecule has 0 radical (unpaired) electrons. The van der Waals surface area contributed by atoms with Gasteiger partial charge in [0.15, 0.2) is 0 Å². The maximum Gasteiger partial charge on any atom is 0.00458 e. The summed E-state index contributed by atoms with van der Waals surface area (Å²) in [5.41, 5.74) is 1.33. The van der Waals surface area contributed by atoms with Gasteiger partial charge in [0, 0.05) is 6.54 Å². The van der Waals surface area contributed by atoms with E-state index in [4.69, 9.17) is 12.6 Å². The van der Waals surface area contributed by atoms with E-state index in [-0.39, 0.29) is 0 Å². The fraction of sp³-hybridized carbons (Fsp3) is 1.00. The molecule has 0 unspecified atom stereocenters. The van der Waals surface area contributed by atoms with E-state index in [0.29, 0.717) is 5.41 Å². The van der Waals surface area contributed by atoms with Crippen LogP contribution in [0, 0.1) is 10.8 Å². The lowest BCUT2D eigenvalue weighted by atomic mass is 9.73. The smallest absolute Gasteiger partial charge is 0.00458 e. The zero-order valence-corrected chi connectivity index (χ0v) is 13.4. The fourth-order valence-electron chi connectivity index (χ4n) is 4.95. The number of rotatable bonds is 3. The number of piperidine rings is 1. The first-order valence-electron chi connectivity index (χ1n) is 8.59. The standard InChI is InChI=1S/C17H31NS/c19-15-17(8-2-1-3-9-17)14-18-12-10-16(11-13-18)6-4-5-7-16/h19H,1-15H2. The summed E-state index contributed by atoms with van der Waals surface area (Å²) in [6.45, 7) is 4.08. The van der Waals surface area contributed by atoms with E-state index in [0.717, 1.165) is 11.2 Å². The van der Waals surface area contributed by atoms with Crippen LogP contribution in [0.5, 0.6) is 0 Å². The van der Waals surface area contributed by atoms with Crippen LogP contribution in [0.25, 0.3) is 0 Å². The molecule has 3 rings (SSSR count). The van der Waals surface area contributed by atoms with Crippen molar-refractivity contribution in [2.75, 3.05) is 25.4 Å². The van der Waals surface area contributed by atoms with Gasteiger partial charge in [-0.1, -0.05) is 32.1 Å². The number of hydrogen-bond acceptors (Lipinski definition) is 2. The van der Waals surface area contributed by atoms with E-state index < -0.39 is 0 Å². The maximum atomic E-state index is 4.70. The van der Waals surface area contributed by atoms with E-state index in [1.165, 1.54) is 90.3 Å². The Bertz CT molecular complexity index is 280. The molecule has 0 N–H and O–H groups in total. The first-order chi connectivity index (χ1) is 9.26. The van der Waals surface area contributed by atoms with Crippen molar-refractivity contribution in [2.45, 2.75) is 70.6 Å². The van der Waals surface area contributed by atoms with Crippen LogP contribution in [-0.2, 0) is 0 Å². The summed E-state index contributed by atoms with van der Waals surface area (Å²) in [4.78, 5) is 2.78. The lowest BCUT2D eigenvalue weighted by Crippen LogP contribution is -2.46. The van der Waals surface area contributed by atoms with E-state index in [2.05, 4.69) is 4.90 Å². The summed E-state index contributed by atoms with van der Waals surface area (Å²) < 4.78 is 0. The third kappa shape index (κ3) is 3.15. The van der Waals surface area contributed by atoms with Gasteiger partial charge < -0.3 is 4.90 Å². The van der Waals surface area contributed by atoms with Gasteiger partial charge in [-0.25, -0.2) is 0 Å². The van der Waals surface area contributed by atoms with Gasteiger partial charge in [-0.15, -0.1) is 0 Å². The second-order valence-corrected chi connectivity index (χ2v) is 8.02. The van der Waals surface area contributed by atoms with Crippen molar-refractivity contribution in [3.63, 3.8) is 0 Å². The van der Waals surface area contributed by atoms with Crippen molar-refractivity contribution in [3.8, 4) is 0 Å². The summed E-state index contributed by atoms with van der Waals surface area (Å²) in [7, 11) is 0. The fourth-order valence-corrected chi connectivity index (χ4v) is 5.37. The Morgan fingerprint density at radius 2 is 1.32 bits per heavy atom. The summed E-state index contributed by atoms with van der Waals surface area (Å²) >= 11 is 4.70. The van der Waals surface area contributed by atoms with Gasteiger partial charge in [0.1, 0.15) is 0 Å². The number of nitrogens with zero attached hydrogens (tertiary/aromatic N) is 1. The molecule has 2 aliphatic carbocycles. The monoisotopic (exact) mass is 281 g/mol. The molecule has 0 bridgehead atoms. The van der Waals surface area contributed by atoms with Crippen molar-refractivity contribution in [1.82, 2.24) is 4.90 Å². The van der Waals surface area contributed by atoms with Crippen LogP contribution in [0.15, 0.2) is 0 Å². The zero-order valence-electron chi connectivity index (χ0n) is 12.5. The van der Waals surface area contributed by atoms with Gasteiger partial charge in [-0.05, 0) is 68.2 Å². The summed E-state index contributed by atoms with van der Waals surface area (Å²) in [5.74, 6) is 1.11. The van der Waals surface area contributed by atoms with Crippen LogP contribution in [0.1, 0.15) is 70.6 Å². The Hall–Kier alpha value is 0.310. The quantitative estimate of drug-likeness (QED) is 0.744. The second kappa shape index (κ2) is 5.97. The molecule has 2 saturated carbocycles. The lowest BCUT2D eigenvalue weighted by molar-refractivity contribution is 0.0605. The highest BCUT2D eigenvalue weighted by atomic mass is 32.1. The Morgan fingerprint density at radius 1 is 0.737 bits per heavy atom.